The maximum Gasteiger partial charge on any atom is 0.137 e. The summed E-state index contributed by atoms with van der Waals surface area (Å²) in [6.07, 6.45) is 0.977. The van der Waals surface area contributed by atoms with E-state index in [2.05, 4.69) is 16.0 Å². The zero-order chi connectivity index (χ0) is 11.8. The highest BCUT2D eigenvalue weighted by atomic mass is 35.5. The van der Waals surface area contributed by atoms with E-state index in [1.807, 2.05) is 19.1 Å². The Bertz CT molecular complexity index is 563. The van der Waals surface area contributed by atoms with Gasteiger partial charge in [0.2, 0.25) is 0 Å². The Hall–Kier alpha value is -1.48. The number of imidazole rings is 1. The van der Waals surface area contributed by atoms with E-state index in [0.717, 1.165) is 41.6 Å². The van der Waals surface area contributed by atoms with Gasteiger partial charge in [0.15, 0.2) is 0 Å². The normalized spacial score (nSPS) is 13.5. The molecule has 3 nitrogen and oxygen atoms in total. The predicted octanol–water partition coefficient (Wildman–Crippen LogP) is 3.06. The van der Waals surface area contributed by atoms with Gasteiger partial charge in [-0.1, -0.05) is 0 Å². The first-order valence-corrected chi connectivity index (χ1v) is 6.19. The fourth-order valence-electron chi connectivity index (χ4n) is 2.10. The van der Waals surface area contributed by atoms with Gasteiger partial charge < -0.3 is 9.72 Å². The van der Waals surface area contributed by atoms with Crippen molar-refractivity contribution in [1.29, 1.82) is 0 Å². The third kappa shape index (κ3) is 1.80. The van der Waals surface area contributed by atoms with E-state index < -0.39 is 0 Å². The standard InChI is InChI=1S/C13H13ClN2O/c1-8-11(7-14)16-13(15-8)10-2-3-12-9(6-10)4-5-17-12/h2-3,6H,4-5,7H2,1H3,(H,15,16). The van der Waals surface area contributed by atoms with Crippen molar-refractivity contribution in [2.45, 2.75) is 19.2 Å². The molecule has 0 fully saturated rings. The summed E-state index contributed by atoms with van der Waals surface area (Å²) >= 11 is 5.82. The molecule has 0 bridgehead atoms. The number of hydrogen-bond donors (Lipinski definition) is 1. The molecule has 0 unspecified atom stereocenters. The van der Waals surface area contributed by atoms with E-state index in [1.54, 1.807) is 0 Å². The van der Waals surface area contributed by atoms with Crippen molar-refractivity contribution in [3.05, 3.63) is 35.2 Å². The molecule has 0 radical (unpaired) electrons. The van der Waals surface area contributed by atoms with Crippen molar-refractivity contribution in [2.24, 2.45) is 0 Å². The molecule has 1 aliphatic heterocycles. The van der Waals surface area contributed by atoms with Gasteiger partial charge in [0.25, 0.3) is 0 Å². The zero-order valence-electron chi connectivity index (χ0n) is 9.59. The predicted molar refractivity (Wildman–Crippen MR) is 67.5 cm³/mol. The molecule has 1 aromatic heterocycles. The van der Waals surface area contributed by atoms with E-state index in [0.29, 0.717) is 5.88 Å². The average Bonchev–Trinajstić information content (AvgIpc) is 2.93. The molecular weight excluding hydrogens is 236 g/mol. The number of fused-ring (bicyclic) bond motifs is 1. The lowest BCUT2D eigenvalue weighted by molar-refractivity contribution is 0.357. The Kier molecular flexibility index (Phi) is 2.56. The molecule has 4 heteroatoms. The van der Waals surface area contributed by atoms with Gasteiger partial charge in [-0.05, 0) is 30.7 Å². The van der Waals surface area contributed by atoms with Gasteiger partial charge in [0, 0.05) is 17.7 Å². The number of rotatable bonds is 2. The summed E-state index contributed by atoms with van der Waals surface area (Å²) in [7, 11) is 0. The SMILES string of the molecule is Cc1[nH]c(-c2ccc3c(c2)CCO3)nc1CCl. The molecule has 0 saturated carbocycles. The Morgan fingerprint density at radius 2 is 2.35 bits per heavy atom. The molecule has 0 aliphatic carbocycles. The van der Waals surface area contributed by atoms with Crippen LogP contribution >= 0.6 is 11.6 Å². The molecule has 0 saturated heterocycles. The van der Waals surface area contributed by atoms with E-state index >= 15 is 0 Å². The zero-order valence-corrected chi connectivity index (χ0v) is 10.3. The molecule has 17 heavy (non-hydrogen) atoms. The quantitative estimate of drug-likeness (QED) is 0.830. The van der Waals surface area contributed by atoms with Crippen LogP contribution in [-0.4, -0.2) is 16.6 Å². The van der Waals surface area contributed by atoms with Crippen molar-refractivity contribution in [3.8, 4) is 17.1 Å². The number of aryl methyl sites for hydroxylation is 1. The van der Waals surface area contributed by atoms with E-state index in [4.69, 9.17) is 16.3 Å². The monoisotopic (exact) mass is 248 g/mol. The summed E-state index contributed by atoms with van der Waals surface area (Å²) in [6.45, 7) is 2.77. The maximum absolute atomic E-state index is 5.82. The molecule has 0 amide bonds. The number of H-pyrrole nitrogens is 1. The first kappa shape index (κ1) is 10.7. The van der Waals surface area contributed by atoms with Crippen LogP contribution in [0.3, 0.4) is 0 Å². The number of nitrogens with one attached hydrogen (secondary N) is 1. The van der Waals surface area contributed by atoms with Gasteiger partial charge in [-0.25, -0.2) is 4.98 Å². The molecular formula is C13H13ClN2O. The minimum atomic E-state index is 0.441. The molecule has 1 N–H and O–H groups in total. The van der Waals surface area contributed by atoms with E-state index in [9.17, 15) is 0 Å². The molecule has 1 aliphatic rings. The molecule has 2 heterocycles. The van der Waals surface area contributed by atoms with Crippen LogP contribution in [0.15, 0.2) is 18.2 Å². The highest BCUT2D eigenvalue weighted by molar-refractivity contribution is 6.17. The van der Waals surface area contributed by atoms with Gasteiger partial charge in [-0.2, -0.15) is 0 Å². The summed E-state index contributed by atoms with van der Waals surface area (Å²) < 4.78 is 5.49. The number of nitrogens with zero attached hydrogens (tertiary/aromatic N) is 1. The number of ether oxygens (including phenoxy) is 1. The fraction of sp³-hybridized carbons (Fsp3) is 0.308. The van der Waals surface area contributed by atoms with Crippen LogP contribution in [-0.2, 0) is 12.3 Å². The van der Waals surface area contributed by atoms with E-state index in [-0.39, 0.29) is 0 Å². The van der Waals surface area contributed by atoms with Crippen molar-refractivity contribution >= 4 is 11.6 Å². The van der Waals surface area contributed by atoms with Crippen molar-refractivity contribution in [1.82, 2.24) is 9.97 Å². The van der Waals surface area contributed by atoms with Gasteiger partial charge in [-0.3, -0.25) is 0 Å². The lowest BCUT2D eigenvalue weighted by Gasteiger charge is -2.01. The van der Waals surface area contributed by atoms with Crippen LogP contribution in [0.1, 0.15) is 17.0 Å². The van der Waals surface area contributed by atoms with E-state index in [1.165, 1.54) is 5.56 Å². The molecule has 88 valence electrons. The molecule has 1 aromatic carbocycles. The smallest absolute Gasteiger partial charge is 0.137 e. The minimum Gasteiger partial charge on any atom is -0.493 e. The fourth-order valence-corrected chi connectivity index (χ4v) is 2.36. The van der Waals surface area contributed by atoms with Gasteiger partial charge in [0.05, 0.1) is 18.2 Å². The summed E-state index contributed by atoms with van der Waals surface area (Å²) in [5, 5.41) is 0. The second-order valence-corrected chi connectivity index (χ2v) is 4.48. The number of benzene rings is 1. The van der Waals surface area contributed by atoms with Crippen LogP contribution in [0.25, 0.3) is 11.4 Å². The second-order valence-electron chi connectivity index (χ2n) is 4.21. The molecule has 3 rings (SSSR count). The highest BCUT2D eigenvalue weighted by Crippen LogP contribution is 2.29. The summed E-state index contributed by atoms with van der Waals surface area (Å²) in [5.74, 6) is 2.32. The van der Waals surface area contributed by atoms with Crippen LogP contribution in [0, 0.1) is 6.92 Å². The van der Waals surface area contributed by atoms with Gasteiger partial charge in [-0.15, -0.1) is 11.6 Å². The summed E-state index contributed by atoms with van der Waals surface area (Å²) in [5.41, 5.74) is 4.29. The van der Waals surface area contributed by atoms with Crippen LogP contribution in [0.5, 0.6) is 5.75 Å². The van der Waals surface area contributed by atoms with Gasteiger partial charge in [0.1, 0.15) is 11.6 Å². The number of aromatic amines is 1. The largest absolute Gasteiger partial charge is 0.493 e. The lowest BCUT2D eigenvalue weighted by atomic mass is 10.1. The number of aromatic nitrogens is 2. The maximum atomic E-state index is 5.82. The average molecular weight is 249 g/mol. The Labute approximate surface area is 105 Å². The minimum absolute atomic E-state index is 0.441. The van der Waals surface area contributed by atoms with Crippen molar-refractivity contribution in [3.63, 3.8) is 0 Å². The van der Waals surface area contributed by atoms with Crippen molar-refractivity contribution < 1.29 is 4.74 Å². The molecule has 0 atom stereocenters. The van der Waals surface area contributed by atoms with Crippen LogP contribution in [0.4, 0.5) is 0 Å². The number of alkyl halides is 1. The second kappa shape index (κ2) is 4.08. The van der Waals surface area contributed by atoms with Crippen LogP contribution in [0.2, 0.25) is 0 Å². The first-order chi connectivity index (χ1) is 8.28. The summed E-state index contributed by atoms with van der Waals surface area (Å²) in [6, 6.07) is 6.18. The third-order valence-corrected chi connectivity index (χ3v) is 3.33. The molecule has 2 aromatic rings. The topological polar surface area (TPSA) is 37.9 Å². The Morgan fingerprint density at radius 3 is 3.12 bits per heavy atom. The van der Waals surface area contributed by atoms with Crippen molar-refractivity contribution in [2.75, 3.05) is 6.61 Å². The Balaban J connectivity index is 2.03. The summed E-state index contributed by atoms with van der Waals surface area (Å²) in [4.78, 5) is 7.76. The lowest BCUT2D eigenvalue weighted by Crippen LogP contribution is -1.85. The third-order valence-electron chi connectivity index (χ3n) is 3.08. The number of halogens is 1. The highest BCUT2D eigenvalue weighted by Gasteiger charge is 2.14. The first-order valence-electron chi connectivity index (χ1n) is 5.65. The molecule has 0 spiro atoms. The van der Waals surface area contributed by atoms with Crippen LogP contribution < -0.4 is 4.74 Å². The number of hydrogen-bond acceptors (Lipinski definition) is 2. The van der Waals surface area contributed by atoms with Gasteiger partial charge >= 0.3 is 0 Å². The Morgan fingerprint density at radius 1 is 1.47 bits per heavy atom.